The summed E-state index contributed by atoms with van der Waals surface area (Å²) in [4.78, 5) is 24.5. The molecule has 3 rings (SSSR count). The lowest BCUT2D eigenvalue weighted by molar-refractivity contribution is -0.118. The third kappa shape index (κ3) is 3.62. The second-order valence-corrected chi connectivity index (χ2v) is 6.68. The molecule has 118 valence electrons. The molecule has 5 heteroatoms. The Morgan fingerprint density at radius 1 is 1.22 bits per heavy atom. The largest absolute Gasteiger partial charge is 0.381 e. The van der Waals surface area contributed by atoms with Gasteiger partial charge in [0, 0.05) is 29.0 Å². The number of Topliss-reactive ketones (excluding diaryl/α,β-unsaturated/α-hetero) is 1. The smallest absolute Gasteiger partial charge is 0.257 e. The van der Waals surface area contributed by atoms with Gasteiger partial charge in [0.05, 0.1) is 11.3 Å². The van der Waals surface area contributed by atoms with Crippen LogP contribution in [0, 0.1) is 0 Å². The van der Waals surface area contributed by atoms with E-state index in [4.69, 9.17) is 0 Å². The molecule has 2 N–H and O–H groups in total. The maximum Gasteiger partial charge on any atom is 0.257 e. The first-order chi connectivity index (χ1) is 11.0. The van der Waals surface area contributed by atoms with Crippen molar-refractivity contribution in [3.8, 4) is 0 Å². The lowest BCUT2D eigenvalue weighted by Crippen LogP contribution is -2.20. The zero-order valence-electron chi connectivity index (χ0n) is 12.7. The molecule has 1 heterocycles. The molecule has 0 aliphatic carbocycles. The normalized spacial score (nSPS) is 17.0. The quantitative estimate of drug-likeness (QED) is 0.836. The molecule has 4 nitrogen and oxygen atoms in total. The maximum absolute atomic E-state index is 12.6. The van der Waals surface area contributed by atoms with Crippen LogP contribution in [0.2, 0.25) is 0 Å². The minimum Gasteiger partial charge on any atom is -0.381 e. The lowest BCUT2D eigenvalue weighted by Gasteiger charge is -2.16. The highest BCUT2D eigenvalue weighted by atomic mass is 79.9. The summed E-state index contributed by atoms with van der Waals surface area (Å²) in [5.74, 6) is 0.00689. The topological polar surface area (TPSA) is 58.2 Å². The number of amides is 1. The molecule has 1 atom stereocenters. The first-order valence-electron chi connectivity index (χ1n) is 7.50. The summed E-state index contributed by atoms with van der Waals surface area (Å²) in [5.41, 5.74) is 2.93. The van der Waals surface area contributed by atoms with Crippen molar-refractivity contribution in [2.75, 3.05) is 10.6 Å². The van der Waals surface area contributed by atoms with Gasteiger partial charge in [0.1, 0.15) is 5.78 Å². The van der Waals surface area contributed by atoms with E-state index in [-0.39, 0.29) is 17.7 Å². The standard InChI is InChI=1S/C18H17BrN2O2/c1-11-9-15(22)10-12-3-2-4-16(17(12)20-11)18(23)21-14-7-5-13(19)6-8-14/h2-8,11,20H,9-10H2,1H3,(H,21,23)/t11-/m1/s1. The molecule has 1 amide bonds. The van der Waals surface area contributed by atoms with Gasteiger partial charge in [0.15, 0.2) is 0 Å². The van der Waals surface area contributed by atoms with E-state index >= 15 is 0 Å². The summed E-state index contributed by atoms with van der Waals surface area (Å²) in [5, 5.41) is 6.21. The van der Waals surface area contributed by atoms with Crippen LogP contribution in [0.1, 0.15) is 29.3 Å². The van der Waals surface area contributed by atoms with Crippen LogP contribution < -0.4 is 10.6 Å². The zero-order valence-corrected chi connectivity index (χ0v) is 14.3. The van der Waals surface area contributed by atoms with Gasteiger partial charge in [0.2, 0.25) is 0 Å². The Balaban J connectivity index is 1.91. The number of hydrogen-bond acceptors (Lipinski definition) is 3. The van der Waals surface area contributed by atoms with Crippen molar-refractivity contribution in [3.63, 3.8) is 0 Å². The molecule has 1 aliphatic heterocycles. The molecule has 0 saturated heterocycles. The molecule has 0 unspecified atom stereocenters. The van der Waals surface area contributed by atoms with Gasteiger partial charge >= 0.3 is 0 Å². The van der Waals surface area contributed by atoms with E-state index in [0.717, 1.165) is 21.4 Å². The van der Waals surface area contributed by atoms with Crippen LogP contribution in [0.15, 0.2) is 46.9 Å². The monoisotopic (exact) mass is 372 g/mol. The first kappa shape index (κ1) is 15.7. The van der Waals surface area contributed by atoms with E-state index in [1.54, 1.807) is 6.07 Å². The van der Waals surface area contributed by atoms with Gasteiger partial charge in [-0.25, -0.2) is 0 Å². The highest BCUT2D eigenvalue weighted by Crippen LogP contribution is 2.27. The van der Waals surface area contributed by atoms with Gasteiger partial charge in [-0.15, -0.1) is 0 Å². The Morgan fingerprint density at radius 3 is 2.70 bits per heavy atom. The summed E-state index contributed by atoms with van der Waals surface area (Å²) >= 11 is 3.37. The molecule has 0 fully saturated rings. The second kappa shape index (κ2) is 6.54. The SMILES string of the molecule is C[C@@H]1CC(=O)Cc2cccc(C(=O)Nc3ccc(Br)cc3)c2N1. The number of nitrogens with one attached hydrogen (secondary N) is 2. The number of para-hydroxylation sites is 1. The van der Waals surface area contributed by atoms with Gasteiger partial charge < -0.3 is 10.6 Å². The lowest BCUT2D eigenvalue weighted by atomic mass is 10.0. The molecular weight excluding hydrogens is 356 g/mol. The number of fused-ring (bicyclic) bond motifs is 1. The Morgan fingerprint density at radius 2 is 1.96 bits per heavy atom. The third-order valence-electron chi connectivity index (χ3n) is 3.81. The average Bonchev–Trinajstić information content (AvgIpc) is 2.65. The summed E-state index contributed by atoms with van der Waals surface area (Å²) < 4.78 is 0.957. The van der Waals surface area contributed by atoms with Gasteiger partial charge in [-0.05, 0) is 42.8 Å². The predicted molar refractivity (Wildman–Crippen MR) is 94.9 cm³/mol. The fourth-order valence-corrected chi connectivity index (χ4v) is 3.03. The number of anilines is 2. The molecule has 0 bridgehead atoms. The summed E-state index contributed by atoms with van der Waals surface area (Å²) in [6.45, 7) is 1.95. The molecule has 0 saturated carbocycles. The predicted octanol–water partition coefficient (Wildman–Crippen LogP) is 4.02. The van der Waals surface area contributed by atoms with Crippen molar-refractivity contribution < 1.29 is 9.59 Å². The molecule has 1 aliphatic rings. The average molecular weight is 373 g/mol. The molecule has 2 aromatic rings. The van der Waals surface area contributed by atoms with Crippen molar-refractivity contribution in [3.05, 3.63) is 58.1 Å². The number of carbonyl (C=O) groups is 2. The van der Waals surface area contributed by atoms with Gasteiger partial charge in [-0.1, -0.05) is 28.1 Å². The molecule has 0 aromatic heterocycles. The van der Waals surface area contributed by atoms with E-state index in [0.29, 0.717) is 18.4 Å². The Kier molecular flexibility index (Phi) is 4.48. The van der Waals surface area contributed by atoms with Crippen LogP contribution in [0.25, 0.3) is 0 Å². The van der Waals surface area contributed by atoms with Crippen LogP contribution in [0.5, 0.6) is 0 Å². The van der Waals surface area contributed by atoms with Crippen LogP contribution in [0.4, 0.5) is 11.4 Å². The molecule has 0 radical (unpaired) electrons. The number of rotatable bonds is 2. The first-order valence-corrected chi connectivity index (χ1v) is 8.29. The third-order valence-corrected chi connectivity index (χ3v) is 4.34. The van der Waals surface area contributed by atoms with Crippen molar-refractivity contribution in [2.24, 2.45) is 0 Å². The van der Waals surface area contributed by atoms with Crippen LogP contribution in [0.3, 0.4) is 0 Å². The van der Waals surface area contributed by atoms with E-state index < -0.39 is 0 Å². The fraction of sp³-hybridized carbons (Fsp3) is 0.222. The molecule has 2 aromatic carbocycles. The van der Waals surface area contributed by atoms with Gasteiger partial charge in [-0.2, -0.15) is 0 Å². The Labute approximate surface area is 143 Å². The summed E-state index contributed by atoms with van der Waals surface area (Å²) in [6.07, 6.45) is 0.842. The minimum atomic E-state index is -0.182. The van der Waals surface area contributed by atoms with Crippen molar-refractivity contribution in [1.29, 1.82) is 0 Å². The number of ketones is 1. The fourth-order valence-electron chi connectivity index (χ4n) is 2.76. The van der Waals surface area contributed by atoms with E-state index in [2.05, 4.69) is 26.6 Å². The number of carbonyl (C=O) groups excluding carboxylic acids is 2. The molecule has 0 spiro atoms. The van der Waals surface area contributed by atoms with Gasteiger partial charge in [-0.3, -0.25) is 9.59 Å². The van der Waals surface area contributed by atoms with Crippen molar-refractivity contribution in [1.82, 2.24) is 0 Å². The number of halogens is 1. The minimum absolute atomic E-state index is 0.0189. The molecule has 23 heavy (non-hydrogen) atoms. The van der Waals surface area contributed by atoms with Gasteiger partial charge in [0.25, 0.3) is 5.91 Å². The zero-order chi connectivity index (χ0) is 16.4. The van der Waals surface area contributed by atoms with Crippen molar-refractivity contribution >= 4 is 39.0 Å². The van der Waals surface area contributed by atoms with Crippen LogP contribution in [-0.4, -0.2) is 17.7 Å². The number of hydrogen-bond donors (Lipinski definition) is 2. The maximum atomic E-state index is 12.6. The van der Waals surface area contributed by atoms with E-state index in [9.17, 15) is 9.59 Å². The highest BCUT2D eigenvalue weighted by Gasteiger charge is 2.22. The molecular formula is C18H17BrN2O2. The van der Waals surface area contributed by atoms with Crippen LogP contribution >= 0.6 is 15.9 Å². The Bertz CT molecular complexity index is 756. The van der Waals surface area contributed by atoms with E-state index in [1.807, 2.05) is 43.3 Å². The highest BCUT2D eigenvalue weighted by molar-refractivity contribution is 9.10. The second-order valence-electron chi connectivity index (χ2n) is 5.77. The van der Waals surface area contributed by atoms with E-state index in [1.165, 1.54) is 0 Å². The van der Waals surface area contributed by atoms with Crippen molar-refractivity contribution in [2.45, 2.75) is 25.8 Å². The summed E-state index contributed by atoms with van der Waals surface area (Å²) in [7, 11) is 0. The van der Waals surface area contributed by atoms with Crippen LogP contribution in [-0.2, 0) is 11.2 Å². The number of benzene rings is 2. The Hall–Kier alpha value is -2.14. The summed E-state index contributed by atoms with van der Waals surface area (Å²) in [6, 6.07) is 12.9.